The molecule has 2 aromatic carbocycles. The molecule has 2 rings (SSSR count). The smallest absolute Gasteiger partial charge is 0.121 e. The van der Waals surface area contributed by atoms with Gasteiger partial charge in [0.1, 0.15) is 5.75 Å². The quantitative estimate of drug-likeness (QED) is 0.906. The molecule has 0 fully saturated rings. The number of aliphatic hydroxyl groups is 1. The second kappa shape index (κ2) is 6.44. The Labute approximate surface area is 120 Å². The van der Waals surface area contributed by atoms with Crippen molar-refractivity contribution in [3.8, 4) is 5.75 Å². The number of aryl methyl sites for hydroxylation is 1. The molecular weight excluding hydrogens is 250 g/mol. The van der Waals surface area contributed by atoms with Crippen LogP contribution in [-0.2, 0) is 0 Å². The molecule has 3 nitrogen and oxygen atoms in total. The van der Waals surface area contributed by atoms with Crippen LogP contribution in [-0.4, -0.2) is 25.8 Å². The van der Waals surface area contributed by atoms with E-state index in [1.807, 2.05) is 67.4 Å². The minimum atomic E-state index is -0.523. The second-order valence-electron chi connectivity index (χ2n) is 4.96. The van der Waals surface area contributed by atoms with Crippen molar-refractivity contribution in [2.75, 3.05) is 25.6 Å². The van der Waals surface area contributed by atoms with Gasteiger partial charge in [0.15, 0.2) is 0 Å². The topological polar surface area (TPSA) is 32.7 Å². The fraction of sp³-hybridized carbons (Fsp3) is 0.294. The van der Waals surface area contributed by atoms with Crippen molar-refractivity contribution < 1.29 is 9.84 Å². The van der Waals surface area contributed by atoms with Gasteiger partial charge in [-0.25, -0.2) is 0 Å². The van der Waals surface area contributed by atoms with Crippen molar-refractivity contribution in [1.29, 1.82) is 0 Å². The van der Waals surface area contributed by atoms with Crippen molar-refractivity contribution >= 4 is 5.69 Å². The Bertz CT molecular complexity index is 554. The normalized spacial score (nSPS) is 12.0. The third-order valence-electron chi connectivity index (χ3n) is 3.45. The molecule has 0 bridgehead atoms. The van der Waals surface area contributed by atoms with Gasteiger partial charge >= 0.3 is 0 Å². The highest BCUT2D eigenvalue weighted by atomic mass is 16.5. The van der Waals surface area contributed by atoms with Crippen molar-refractivity contribution in [2.45, 2.75) is 13.0 Å². The van der Waals surface area contributed by atoms with Gasteiger partial charge in [0, 0.05) is 19.3 Å². The summed E-state index contributed by atoms with van der Waals surface area (Å²) in [6.45, 7) is 2.53. The Hall–Kier alpha value is -2.00. The van der Waals surface area contributed by atoms with Gasteiger partial charge in [0.2, 0.25) is 0 Å². The van der Waals surface area contributed by atoms with Crippen LogP contribution in [0.4, 0.5) is 5.69 Å². The fourth-order valence-corrected chi connectivity index (χ4v) is 2.26. The zero-order chi connectivity index (χ0) is 14.5. The number of para-hydroxylation sites is 1. The van der Waals surface area contributed by atoms with Gasteiger partial charge in [-0.2, -0.15) is 0 Å². The number of benzene rings is 2. The van der Waals surface area contributed by atoms with E-state index in [-0.39, 0.29) is 0 Å². The van der Waals surface area contributed by atoms with E-state index in [1.54, 1.807) is 7.11 Å². The molecule has 0 saturated heterocycles. The predicted octanol–water partition coefficient (Wildman–Crippen LogP) is 3.17. The number of anilines is 1. The van der Waals surface area contributed by atoms with Crippen molar-refractivity contribution in [3.05, 3.63) is 59.7 Å². The van der Waals surface area contributed by atoms with Crippen molar-refractivity contribution in [2.24, 2.45) is 0 Å². The summed E-state index contributed by atoms with van der Waals surface area (Å²) >= 11 is 0. The monoisotopic (exact) mass is 271 g/mol. The zero-order valence-corrected chi connectivity index (χ0v) is 12.2. The van der Waals surface area contributed by atoms with E-state index >= 15 is 0 Å². The highest BCUT2D eigenvalue weighted by molar-refractivity contribution is 5.45. The van der Waals surface area contributed by atoms with E-state index in [9.17, 15) is 5.11 Å². The summed E-state index contributed by atoms with van der Waals surface area (Å²) in [7, 11) is 3.64. The maximum Gasteiger partial charge on any atom is 0.121 e. The first kappa shape index (κ1) is 14.4. The molecule has 0 radical (unpaired) electrons. The van der Waals surface area contributed by atoms with E-state index in [2.05, 4.69) is 0 Å². The van der Waals surface area contributed by atoms with Crippen LogP contribution in [0.25, 0.3) is 0 Å². The second-order valence-corrected chi connectivity index (χ2v) is 4.96. The van der Waals surface area contributed by atoms with Gasteiger partial charge in [0.25, 0.3) is 0 Å². The lowest BCUT2D eigenvalue weighted by Crippen LogP contribution is -2.24. The Kier molecular flexibility index (Phi) is 4.64. The largest absolute Gasteiger partial charge is 0.496 e. The Morgan fingerprint density at radius 1 is 1.15 bits per heavy atom. The Morgan fingerprint density at radius 3 is 2.45 bits per heavy atom. The predicted molar refractivity (Wildman–Crippen MR) is 82.4 cm³/mol. The van der Waals surface area contributed by atoms with E-state index in [0.29, 0.717) is 6.54 Å². The standard InChI is InChI=1S/C17H21NO2/c1-13-11-14(9-10-17(13)20-3)16(19)12-18(2)15-7-5-4-6-8-15/h4-11,16,19H,12H2,1-3H3. The van der Waals surface area contributed by atoms with E-state index in [4.69, 9.17) is 4.74 Å². The first-order valence-corrected chi connectivity index (χ1v) is 6.70. The number of methoxy groups -OCH3 is 1. The number of likely N-dealkylation sites (N-methyl/N-ethyl adjacent to an activating group) is 1. The highest BCUT2D eigenvalue weighted by Crippen LogP contribution is 2.24. The summed E-state index contributed by atoms with van der Waals surface area (Å²) in [5.41, 5.74) is 3.04. The molecule has 0 aliphatic carbocycles. The molecule has 2 aromatic rings. The van der Waals surface area contributed by atoms with Crippen LogP contribution >= 0.6 is 0 Å². The highest BCUT2D eigenvalue weighted by Gasteiger charge is 2.12. The summed E-state index contributed by atoms with van der Waals surface area (Å²) in [6.07, 6.45) is -0.523. The van der Waals surface area contributed by atoms with Gasteiger partial charge < -0.3 is 14.7 Å². The lowest BCUT2D eigenvalue weighted by Gasteiger charge is -2.23. The summed E-state index contributed by atoms with van der Waals surface area (Å²) in [4.78, 5) is 2.05. The molecule has 106 valence electrons. The molecule has 0 saturated carbocycles. The molecule has 0 spiro atoms. The molecule has 0 heterocycles. The maximum absolute atomic E-state index is 10.4. The number of hydrogen-bond acceptors (Lipinski definition) is 3. The lowest BCUT2D eigenvalue weighted by atomic mass is 10.1. The fourth-order valence-electron chi connectivity index (χ4n) is 2.26. The van der Waals surface area contributed by atoms with E-state index < -0.39 is 6.10 Å². The summed E-state index contributed by atoms with van der Waals surface area (Å²) < 4.78 is 5.24. The molecule has 0 aliphatic heterocycles. The molecule has 1 atom stereocenters. The Balaban J connectivity index is 2.08. The molecule has 3 heteroatoms. The minimum Gasteiger partial charge on any atom is -0.496 e. The average Bonchev–Trinajstić information content (AvgIpc) is 2.48. The number of hydrogen-bond donors (Lipinski definition) is 1. The summed E-state index contributed by atoms with van der Waals surface area (Å²) in [5, 5.41) is 10.4. The van der Waals surface area contributed by atoms with Crippen LogP contribution in [0, 0.1) is 6.92 Å². The van der Waals surface area contributed by atoms with E-state index in [1.165, 1.54) is 0 Å². The number of nitrogens with zero attached hydrogens (tertiary/aromatic N) is 1. The van der Waals surface area contributed by atoms with Crippen LogP contribution < -0.4 is 9.64 Å². The molecule has 0 amide bonds. The first-order valence-electron chi connectivity index (χ1n) is 6.70. The van der Waals surface area contributed by atoms with Crippen LogP contribution in [0.5, 0.6) is 5.75 Å². The minimum absolute atomic E-state index is 0.523. The molecular formula is C17H21NO2. The molecule has 0 aliphatic rings. The molecule has 1 unspecified atom stereocenters. The van der Waals surface area contributed by atoms with Gasteiger partial charge in [-0.05, 0) is 42.3 Å². The molecule has 0 aromatic heterocycles. The van der Waals surface area contributed by atoms with E-state index in [0.717, 1.165) is 22.6 Å². The maximum atomic E-state index is 10.4. The average molecular weight is 271 g/mol. The number of rotatable bonds is 5. The van der Waals surface area contributed by atoms with Gasteiger partial charge in [0.05, 0.1) is 13.2 Å². The SMILES string of the molecule is COc1ccc(C(O)CN(C)c2ccccc2)cc1C. The van der Waals surface area contributed by atoms with Crippen LogP contribution in [0.1, 0.15) is 17.2 Å². The van der Waals surface area contributed by atoms with Gasteiger partial charge in [-0.1, -0.05) is 24.3 Å². The summed E-state index contributed by atoms with van der Waals surface area (Å²) in [6, 6.07) is 15.8. The number of ether oxygens (including phenoxy) is 1. The Morgan fingerprint density at radius 2 is 1.85 bits per heavy atom. The molecule has 1 N–H and O–H groups in total. The first-order chi connectivity index (χ1) is 9.61. The third kappa shape index (κ3) is 3.31. The number of aliphatic hydroxyl groups excluding tert-OH is 1. The van der Waals surface area contributed by atoms with Gasteiger partial charge in [-0.15, -0.1) is 0 Å². The lowest BCUT2D eigenvalue weighted by molar-refractivity contribution is 0.185. The van der Waals surface area contributed by atoms with Crippen LogP contribution in [0.15, 0.2) is 48.5 Å². The van der Waals surface area contributed by atoms with Crippen molar-refractivity contribution in [3.63, 3.8) is 0 Å². The third-order valence-corrected chi connectivity index (χ3v) is 3.45. The van der Waals surface area contributed by atoms with Crippen LogP contribution in [0.3, 0.4) is 0 Å². The van der Waals surface area contributed by atoms with Crippen LogP contribution in [0.2, 0.25) is 0 Å². The summed E-state index contributed by atoms with van der Waals surface area (Å²) in [5.74, 6) is 0.845. The molecule has 20 heavy (non-hydrogen) atoms. The van der Waals surface area contributed by atoms with Gasteiger partial charge in [-0.3, -0.25) is 0 Å². The zero-order valence-electron chi connectivity index (χ0n) is 12.2. The van der Waals surface area contributed by atoms with Crippen molar-refractivity contribution in [1.82, 2.24) is 0 Å².